The maximum atomic E-state index is 12.4. The Morgan fingerprint density at radius 2 is 2.04 bits per heavy atom. The number of anilines is 2. The normalized spacial score (nSPS) is 25.0. The molecule has 3 aliphatic rings. The Bertz CT molecular complexity index is 582. The maximum Gasteiger partial charge on any atom is 0.238 e. The number of pyridine rings is 1. The summed E-state index contributed by atoms with van der Waals surface area (Å²) in [5.41, 5.74) is 0.780. The van der Waals surface area contributed by atoms with Crippen molar-refractivity contribution in [1.29, 1.82) is 0 Å². The van der Waals surface area contributed by atoms with Crippen LogP contribution in [0, 0.1) is 5.92 Å². The van der Waals surface area contributed by atoms with Gasteiger partial charge in [0.15, 0.2) is 0 Å². The van der Waals surface area contributed by atoms with Gasteiger partial charge in [0.05, 0.1) is 31.6 Å². The Morgan fingerprint density at radius 3 is 2.76 bits per heavy atom. The van der Waals surface area contributed by atoms with Crippen molar-refractivity contribution in [3.8, 4) is 0 Å². The minimum Gasteiger partial charge on any atom is -0.378 e. The number of nitrogens with zero attached hydrogens (tertiary/aromatic N) is 3. The predicted molar refractivity (Wildman–Crippen MR) is 97.8 cm³/mol. The number of carbonyl (C=O) groups excluding carboxylic acids is 1. The molecule has 6 heteroatoms. The van der Waals surface area contributed by atoms with Crippen molar-refractivity contribution in [3.63, 3.8) is 0 Å². The van der Waals surface area contributed by atoms with Gasteiger partial charge in [-0.05, 0) is 50.2 Å². The fourth-order valence-corrected chi connectivity index (χ4v) is 3.92. The number of carbonyl (C=O) groups is 1. The molecule has 25 heavy (non-hydrogen) atoms. The van der Waals surface area contributed by atoms with Crippen molar-refractivity contribution in [1.82, 2.24) is 9.88 Å². The van der Waals surface area contributed by atoms with E-state index in [0.717, 1.165) is 50.3 Å². The van der Waals surface area contributed by atoms with Gasteiger partial charge in [0.2, 0.25) is 5.91 Å². The number of aromatic nitrogens is 1. The predicted octanol–water partition coefficient (Wildman–Crippen LogP) is 2.12. The van der Waals surface area contributed by atoms with Crippen molar-refractivity contribution in [3.05, 3.63) is 18.3 Å². The highest BCUT2D eigenvalue weighted by Crippen LogP contribution is 2.36. The van der Waals surface area contributed by atoms with E-state index >= 15 is 0 Å². The molecule has 0 radical (unpaired) electrons. The van der Waals surface area contributed by atoms with Gasteiger partial charge < -0.3 is 15.0 Å². The van der Waals surface area contributed by atoms with Crippen LogP contribution in [-0.4, -0.2) is 61.2 Å². The summed E-state index contributed by atoms with van der Waals surface area (Å²) in [4.78, 5) is 21.6. The minimum absolute atomic E-state index is 0.0417. The third kappa shape index (κ3) is 4.30. The molecule has 136 valence electrons. The first-order valence-corrected chi connectivity index (χ1v) is 9.62. The van der Waals surface area contributed by atoms with Crippen molar-refractivity contribution in [2.75, 3.05) is 49.6 Å². The molecule has 1 unspecified atom stereocenters. The number of rotatable bonds is 5. The van der Waals surface area contributed by atoms with Gasteiger partial charge in [-0.3, -0.25) is 9.69 Å². The summed E-state index contributed by atoms with van der Waals surface area (Å²) in [6, 6.07) is 4.40. The molecule has 3 heterocycles. The fraction of sp³-hybridized carbons (Fsp3) is 0.684. The van der Waals surface area contributed by atoms with E-state index in [1.54, 1.807) is 6.20 Å². The van der Waals surface area contributed by atoms with Gasteiger partial charge in [0, 0.05) is 25.7 Å². The number of hydrogen-bond acceptors (Lipinski definition) is 5. The van der Waals surface area contributed by atoms with Crippen LogP contribution >= 0.6 is 0 Å². The third-order valence-electron chi connectivity index (χ3n) is 5.51. The van der Waals surface area contributed by atoms with Crippen LogP contribution in [0.3, 0.4) is 0 Å². The van der Waals surface area contributed by atoms with Gasteiger partial charge >= 0.3 is 0 Å². The average Bonchev–Trinajstić information content (AvgIpc) is 3.49. The Kier molecular flexibility index (Phi) is 5.17. The zero-order valence-corrected chi connectivity index (χ0v) is 14.8. The molecule has 1 aromatic rings. The van der Waals surface area contributed by atoms with E-state index in [9.17, 15) is 4.79 Å². The van der Waals surface area contributed by atoms with Crippen LogP contribution in [0.2, 0.25) is 0 Å². The molecule has 2 aliphatic heterocycles. The first kappa shape index (κ1) is 16.8. The van der Waals surface area contributed by atoms with Crippen LogP contribution in [0.15, 0.2) is 18.3 Å². The molecule has 1 saturated carbocycles. The van der Waals surface area contributed by atoms with Crippen LogP contribution in [0.1, 0.15) is 32.1 Å². The number of piperidine rings is 1. The molecule has 2 saturated heterocycles. The SMILES string of the molecule is O=C(CN1CCOCC1C1CC1)Nc1ccc(N2CCCCC2)nc1. The zero-order valence-electron chi connectivity index (χ0n) is 14.8. The molecule has 1 aliphatic carbocycles. The number of hydrogen-bond donors (Lipinski definition) is 1. The molecular weight excluding hydrogens is 316 g/mol. The van der Waals surface area contributed by atoms with Crippen molar-refractivity contribution < 1.29 is 9.53 Å². The summed E-state index contributed by atoms with van der Waals surface area (Å²) in [6.45, 7) is 4.95. The van der Waals surface area contributed by atoms with Crippen molar-refractivity contribution >= 4 is 17.4 Å². The average molecular weight is 344 g/mol. The number of morpholine rings is 1. The summed E-state index contributed by atoms with van der Waals surface area (Å²) >= 11 is 0. The molecule has 1 atom stereocenters. The molecule has 1 amide bonds. The summed E-state index contributed by atoms with van der Waals surface area (Å²) < 4.78 is 5.60. The van der Waals surface area contributed by atoms with E-state index in [1.807, 2.05) is 12.1 Å². The highest BCUT2D eigenvalue weighted by Gasteiger charge is 2.37. The van der Waals surface area contributed by atoms with E-state index in [4.69, 9.17) is 4.74 Å². The lowest BCUT2D eigenvalue weighted by Gasteiger charge is -2.35. The van der Waals surface area contributed by atoms with Gasteiger partial charge in [-0.2, -0.15) is 0 Å². The maximum absolute atomic E-state index is 12.4. The lowest BCUT2D eigenvalue weighted by molar-refractivity contribution is -0.120. The minimum atomic E-state index is 0.0417. The summed E-state index contributed by atoms with van der Waals surface area (Å²) in [5, 5.41) is 3.00. The highest BCUT2D eigenvalue weighted by molar-refractivity contribution is 5.92. The van der Waals surface area contributed by atoms with Crippen LogP contribution in [0.4, 0.5) is 11.5 Å². The number of ether oxygens (including phenoxy) is 1. The molecule has 6 nitrogen and oxygen atoms in total. The second kappa shape index (κ2) is 7.70. The Morgan fingerprint density at radius 1 is 1.20 bits per heavy atom. The first-order valence-electron chi connectivity index (χ1n) is 9.62. The molecule has 4 rings (SSSR count). The first-order chi connectivity index (χ1) is 12.3. The second-order valence-electron chi connectivity index (χ2n) is 7.45. The smallest absolute Gasteiger partial charge is 0.238 e. The molecule has 1 N–H and O–H groups in total. The van der Waals surface area contributed by atoms with Crippen LogP contribution in [0.25, 0.3) is 0 Å². The van der Waals surface area contributed by atoms with E-state index in [2.05, 4.69) is 20.1 Å². The molecule has 0 bridgehead atoms. The largest absolute Gasteiger partial charge is 0.378 e. The topological polar surface area (TPSA) is 57.7 Å². The van der Waals surface area contributed by atoms with E-state index in [-0.39, 0.29) is 5.91 Å². The lowest BCUT2D eigenvalue weighted by Crippen LogP contribution is -2.49. The lowest BCUT2D eigenvalue weighted by atomic mass is 10.1. The Labute approximate surface area is 149 Å². The summed E-state index contributed by atoms with van der Waals surface area (Å²) in [5.74, 6) is 1.78. The quantitative estimate of drug-likeness (QED) is 0.887. The van der Waals surface area contributed by atoms with Gasteiger partial charge in [-0.25, -0.2) is 4.98 Å². The Balaban J connectivity index is 1.31. The van der Waals surface area contributed by atoms with Crippen LogP contribution in [-0.2, 0) is 9.53 Å². The van der Waals surface area contributed by atoms with Gasteiger partial charge in [0.1, 0.15) is 5.82 Å². The molecule has 0 aromatic carbocycles. The monoisotopic (exact) mass is 344 g/mol. The van der Waals surface area contributed by atoms with Crippen molar-refractivity contribution in [2.24, 2.45) is 5.92 Å². The highest BCUT2D eigenvalue weighted by atomic mass is 16.5. The fourth-order valence-electron chi connectivity index (χ4n) is 3.92. The van der Waals surface area contributed by atoms with Gasteiger partial charge in [-0.15, -0.1) is 0 Å². The molecule has 1 aromatic heterocycles. The Hall–Kier alpha value is -1.66. The van der Waals surface area contributed by atoms with Crippen molar-refractivity contribution in [2.45, 2.75) is 38.1 Å². The molecular formula is C19H28N4O2. The third-order valence-corrected chi connectivity index (χ3v) is 5.51. The van der Waals surface area contributed by atoms with E-state index < -0.39 is 0 Å². The van der Waals surface area contributed by atoms with Gasteiger partial charge in [-0.1, -0.05) is 0 Å². The van der Waals surface area contributed by atoms with E-state index in [0.29, 0.717) is 12.6 Å². The van der Waals surface area contributed by atoms with Gasteiger partial charge in [0.25, 0.3) is 0 Å². The summed E-state index contributed by atoms with van der Waals surface area (Å²) in [7, 11) is 0. The molecule has 3 fully saturated rings. The van der Waals surface area contributed by atoms with Crippen LogP contribution < -0.4 is 10.2 Å². The molecule has 0 spiro atoms. The second-order valence-corrected chi connectivity index (χ2v) is 7.45. The van der Waals surface area contributed by atoms with E-state index in [1.165, 1.54) is 32.1 Å². The number of amides is 1. The zero-order chi connectivity index (χ0) is 17.1. The number of nitrogens with one attached hydrogen (secondary N) is 1. The standard InChI is InChI=1S/C19H28N4O2/c24-19(13-23-10-11-25-14-17(23)15-4-5-15)21-16-6-7-18(20-12-16)22-8-2-1-3-9-22/h6-7,12,15,17H,1-5,8-11,13-14H2,(H,21,24). The summed E-state index contributed by atoms with van der Waals surface area (Å²) in [6.07, 6.45) is 8.11. The van der Waals surface area contributed by atoms with Crippen LogP contribution in [0.5, 0.6) is 0 Å².